The fourth-order valence-electron chi connectivity index (χ4n) is 8.94. The molecule has 4 bridgehead atoms. The third kappa shape index (κ3) is 15.2. The molecule has 2 aromatic carbocycles. The summed E-state index contributed by atoms with van der Waals surface area (Å²) < 4.78 is 0. The Morgan fingerprint density at radius 2 is 0.779 bits per heavy atom. The normalized spacial score (nSPS) is 23.0. The van der Waals surface area contributed by atoms with E-state index in [4.69, 9.17) is 29.9 Å². The molecule has 0 fully saturated rings. The van der Waals surface area contributed by atoms with Gasteiger partial charge in [-0.1, -0.05) is 170 Å². The molecule has 4 atom stereocenters. The quantitative estimate of drug-likeness (QED) is 0.213. The molecule has 2 aliphatic heterocycles. The van der Waals surface area contributed by atoms with Gasteiger partial charge in [-0.05, 0) is 101 Å². The zero-order chi connectivity index (χ0) is 50.0. The largest absolute Gasteiger partial charge is 0.317 e. The van der Waals surface area contributed by atoms with Gasteiger partial charge < -0.3 is 10.6 Å². The fraction of sp³-hybridized carbons (Fsp3) is 0.567. The Balaban J connectivity index is 0.000000259. The van der Waals surface area contributed by atoms with Crippen LogP contribution >= 0.6 is 0 Å². The number of benzene rings is 2. The number of pyridine rings is 2. The highest BCUT2D eigenvalue weighted by molar-refractivity contribution is 6.07. The van der Waals surface area contributed by atoms with Gasteiger partial charge in [-0.2, -0.15) is 0 Å². The smallest absolute Gasteiger partial charge is 0.0853 e. The van der Waals surface area contributed by atoms with E-state index in [1.54, 1.807) is 0 Å². The van der Waals surface area contributed by atoms with Gasteiger partial charge in [0.25, 0.3) is 0 Å². The number of hydrogen-bond acceptors (Lipinski definition) is 8. The maximum atomic E-state index is 5.37. The van der Waals surface area contributed by atoms with Crippen molar-refractivity contribution in [2.24, 2.45) is 41.6 Å². The number of aromatic nitrogens is 2. The summed E-state index contributed by atoms with van der Waals surface area (Å²) in [6, 6.07) is 34.6. The molecule has 0 unspecified atom stereocenters. The van der Waals surface area contributed by atoms with Crippen LogP contribution in [0.1, 0.15) is 195 Å². The van der Waals surface area contributed by atoms with E-state index in [-0.39, 0.29) is 44.8 Å². The Kier molecular flexibility index (Phi) is 18.2. The van der Waals surface area contributed by atoms with Crippen molar-refractivity contribution in [3.8, 4) is 0 Å². The van der Waals surface area contributed by atoms with Crippen LogP contribution in [0, 0.1) is 21.7 Å². The monoisotopic (exact) mass is 921 g/mol. The van der Waals surface area contributed by atoms with Crippen LogP contribution in [0.3, 0.4) is 0 Å². The molecule has 4 heterocycles. The molecule has 0 saturated heterocycles. The maximum absolute atomic E-state index is 5.37. The van der Waals surface area contributed by atoms with E-state index in [2.05, 4.69) is 218 Å². The van der Waals surface area contributed by atoms with Crippen LogP contribution in [-0.2, 0) is 0 Å². The molecule has 0 amide bonds. The SMILES string of the molecule is CC(C)(C)C1=NCC[C@@H](c2ccccc2)N[C@H](c2ccccc2)CCN=C(C(C)(C)C)c2cccc1n2.CC[C@]1(C)CCNCC[C@@](C)(CC)N=C(C(C)(C)C)c2cccc(n2)C(C(C)(C)C)=N1. The van der Waals surface area contributed by atoms with Crippen LogP contribution in [-0.4, -0.2) is 70.1 Å². The Labute approximate surface area is 413 Å². The third-order valence-corrected chi connectivity index (χ3v) is 13.5. The number of nitrogens with zero attached hydrogens (tertiary/aromatic N) is 6. The van der Waals surface area contributed by atoms with Crippen molar-refractivity contribution < 1.29 is 0 Å². The number of fused-ring (bicyclic) bond motifs is 4. The number of hydrogen-bond donors (Lipinski definition) is 2. The Morgan fingerprint density at radius 1 is 0.456 bits per heavy atom. The second-order valence-electron chi connectivity index (χ2n) is 23.8. The van der Waals surface area contributed by atoms with Gasteiger partial charge >= 0.3 is 0 Å². The van der Waals surface area contributed by atoms with E-state index in [1.807, 2.05) is 0 Å². The molecular formula is C60H88N8. The Hall–Kier alpha value is -4.66. The second kappa shape index (κ2) is 22.8. The summed E-state index contributed by atoms with van der Waals surface area (Å²) >= 11 is 0. The van der Waals surface area contributed by atoms with Gasteiger partial charge in [0.2, 0.25) is 0 Å². The minimum Gasteiger partial charge on any atom is -0.317 e. The van der Waals surface area contributed by atoms with E-state index >= 15 is 0 Å². The molecule has 2 N–H and O–H groups in total. The van der Waals surface area contributed by atoms with Crippen LogP contribution in [0.25, 0.3) is 0 Å². The molecule has 8 heteroatoms. The van der Waals surface area contributed by atoms with Gasteiger partial charge in [0.05, 0.1) is 56.7 Å². The molecule has 68 heavy (non-hydrogen) atoms. The van der Waals surface area contributed by atoms with Crippen molar-refractivity contribution in [1.82, 2.24) is 20.6 Å². The van der Waals surface area contributed by atoms with E-state index in [9.17, 15) is 0 Å². The zero-order valence-corrected chi connectivity index (χ0v) is 45.1. The summed E-state index contributed by atoms with van der Waals surface area (Å²) in [5.41, 5.74) is 10.1. The van der Waals surface area contributed by atoms with Crippen LogP contribution < -0.4 is 10.6 Å². The number of nitrogens with one attached hydrogen (secondary N) is 2. The zero-order valence-electron chi connectivity index (χ0n) is 45.1. The average molecular weight is 921 g/mol. The summed E-state index contributed by atoms with van der Waals surface area (Å²) in [6.07, 6.45) is 5.86. The Bertz CT molecular complexity index is 2190. The van der Waals surface area contributed by atoms with Gasteiger partial charge in [0.15, 0.2) is 0 Å². The highest BCUT2D eigenvalue weighted by atomic mass is 15.0. The first-order valence-corrected chi connectivity index (χ1v) is 25.7. The Morgan fingerprint density at radius 3 is 1.09 bits per heavy atom. The molecule has 0 aliphatic carbocycles. The van der Waals surface area contributed by atoms with Crippen molar-refractivity contribution in [3.63, 3.8) is 0 Å². The van der Waals surface area contributed by atoms with Crippen molar-refractivity contribution in [1.29, 1.82) is 0 Å². The molecule has 0 radical (unpaired) electrons. The van der Waals surface area contributed by atoms with Gasteiger partial charge in [-0.25, -0.2) is 9.97 Å². The average Bonchev–Trinajstić information content (AvgIpc) is 3.28. The molecule has 2 aliphatic rings. The minimum atomic E-state index is -0.121. The summed E-state index contributed by atoms with van der Waals surface area (Å²) in [5, 5.41) is 7.68. The van der Waals surface area contributed by atoms with E-state index in [0.717, 1.165) is 110 Å². The predicted molar refractivity (Wildman–Crippen MR) is 292 cm³/mol. The first-order valence-electron chi connectivity index (χ1n) is 25.7. The number of rotatable bonds is 4. The lowest BCUT2D eigenvalue weighted by Crippen LogP contribution is -2.36. The topological polar surface area (TPSA) is 99.3 Å². The van der Waals surface area contributed by atoms with E-state index in [1.165, 1.54) is 11.1 Å². The fourth-order valence-corrected chi connectivity index (χ4v) is 8.94. The van der Waals surface area contributed by atoms with Gasteiger partial charge in [0, 0.05) is 46.8 Å². The van der Waals surface area contributed by atoms with Crippen LogP contribution in [0.5, 0.6) is 0 Å². The lowest BCUT2D eigenvalue weighted by molar-refractivity contribution is 0.376. The van der Waals surface area contributed by atoms with Crippen molar-refractivity contribution in [2.45, 2.75) is 172 Å². The van der Waals surface area contributed by atoms with E-state index < -0.39 is 0 Å². The summed E-state index contributed by atoms with van der Waals surface area (Å²) in [5.74, 6) is 0. The predicted octanol–water partition coefficient (Wildman–Crippen LogP) is 14.1. The van der Waals surface area contributed by atoms with Crippen molar-refractivity contribution >= 4 is 22.8 Å². The minimum absolute atomic E-state index is 0.0937. The van der Waals surface area contributed by atoms with Gasteiger partial charge in [-0.3, -0.25) is 20.0 Å². The van der Waals surface area contributed by atoms with Crippen LogP contribution in [0.2, 0.25) is 0 Å². The van der Waals surface area contributed by atoms with Gasteiger partial charge in [-0.15, -0.1) is 0 Å². The maximum Gasteiger partial charge on any atom is 0.0853 e. The first kappa shape index (κ1) is 54.3. The second-order valence-corrected chi connectivity index (χ2v) is 23.8. The molecule has 2 aromatic heterocycles. The van der Waals surface area contributed by atoms with Crippen molar-refractivity contribution in [3.05, 3.63) is 131 Å². The standard InChI is InChI=1S/C33H42N4.C27H46N4/c1-32(2,3)30-28-18-13-19-29(37-28)31(33(4,5)6)35-23-21-27(25-16-11-8-12-17-25)36-26(20-22-34-30)24-14-9-7-10-15-24;1-11-26(9)16-18-28-19-17-27(10,12-2)31-23(25(6,7)8)21-15-13-14-20(29-21)22(30-26)24(3,4)5/h7-19,26-27,36H,20-23H2,1-6H3;13-15,28H,11-12,16-19H2,1-10H3/t2*26-,27-/m01/s1. The lowest BCUT2D eigenvalue weighted by atomic mass is 9.84. The molecular weight excluding hydrogens is 833 g/mol. The van der Waals surface area contributed by atoms with Crippen LogP contribution in [0.15, 0.2) is 117 Å². The summed E-state index contributed by atoms with van der Waals surface area (Å²) in [7, 11) is 0. The number of aliphatic imine (C=N–C) groups is 4. The third-order valence-electron chi connectivity index (χ3n) is 13.5. The van der Waals surface area contributed by atoms with Gasteiger partial charge in [0.1, 0.15) is 0 Å². The molecule has 4 aromatic rings. The highest BCUT2D eigenvalue weighted by Gasteiger charge is 2.33. The molecule has 0 saturated carbocycles. The van der Waals surface area contributed by atoms with E-state index in [0.29, 0.717) is 0 Å². The molecule has 8 nitrogen and oxygen atoms in total. The first-order chi connectivity index (χ1) is 31.9. The summed E-state index contributed by atoms with van der Waals surface area (Å²) in [4.78, 5) is 31.4. The molecule has 0 spiro atoms. The highest BCUT2D eigenvalue weighted by Crippen LogP contribution is 2.33. The lowest BCUT2D eigenvalue weighted by Gasteiger charge is -2.32. The molecule has 6 rings (SSSR count). The molecule has 368 valence electrons. The van der Waals surface area contributed by atoms with Crippen LogP contribution in [0.4, 0.5) is 0 Å². The summed E-state index contributed by atoms with van der Waals surface area (Å²) in [6.45, 7) is 39.2. The van der Waals surface area contributed by atoms with Crippen molar-refractivity contribution in [2.75, 3.05) is 26.2 Å².